The quantitative estimate of drug-likeness (QED) is 0.696. The Kier molecular flexibility index (Phi) is 5.71. The van der Waals surface area contributed by atoms with Gasteiger partial charge in [-0.25, -0.2) is 4.79 Å². The number of aliphatic carboxylic acids is 1. The second-order valence-electron chi connectivity index (χ2n) is 5.05. The van der Waals surface area contributed by atoms with E-state index in [-0.39, 0.29) is 24.9 Å². The van der Waals surface area contributed by atoms with Crippen LogP contribution < -0.4 is 10.6 Å². The van der Waals surface area contributed by atoms with E-state index in [1.807, 2.05) is 30.3 Å². The lowest BCUT2D eigenvalue weighted by atomic mass is 10.1. The number of ether oxygens (including phenoxy) is 1. The first-order chi connectivity index (χ1) is 10.1. The summed E-state index contributed by atoms with van der Waals surface area (Å²) in [5, 5.41) is 14.9. The Morgan fingerprint density at radius 2 is 2.14 bits per heavy atom. The standard InChI is InChI=1S/C15H20N2O4/c18-14(9-12-10-16-6-7-21-12)17-13(15(19)20)8-11-4-2-1-3-5-11/h1-5,12-13,16H,6-10H2,(H,17,18)(H,19,20). The normalized spacial score (nSPS) is 19.7. The van der Waals surface area contributed by atoms with Crippen molar-refractivity contribution in [3.8, 4) is 0 Å². The van der Waals surface area contributed by atoms with Gasteiger partial charge in [-0.3, -0.25) is 4.79 Å². The molecule has 1 fully saturated rings. The molecule has 1 heterocycles. The molecule has 1 aliphatic heterocycles. The van der Waals surface area contributed by atoms with E-state index < -0.39 is 12.0 Å². The topological polar surface area (TPSA) is 87.7 Å². The first-order valence-corrected chi connectivity index (χ1v) is 7.03. The van der Waals surface area contributed by atoms with Gasteiger partial charge in [0.1, 0.15) is 6.04 Å². The summed E-state index contributed by atoms with van der Waals surface area (Å²) in [5.74, 6) is -1.33. The van der Waals surface area contributed by atoms with Gasteiger partial charge < -0.3 is 20.5 Å². The first-order valence-electron chi connectivity index (χ1n) is 7.03. The monoisotopic (exact) mass is 292 g/mol. The van der Waals surface area contributed by atoms with Crippen LogP contribution in [0.5, 0.6) is 0 Å². The number of carbonyl (C=O) groups excluding carboxylic acids is 1. The molecule has 0 radical (unpaired) electrons. The molecule has 114 valence electrons. The van der Waals surface area contributed by atoms with Crippen LogP contribution in [-0.2, 0) is 20.7 Å². The lowest BCUT2D eigenvalue weighted by Gasteiger charge is -2.24. The number of hydrogen-bond donors (Lipinski definition) is 3. The summed E-state index contributed by atoms with van der Waals surface area (Å²) in [7, 11) is 0. The summed E-state index contributed by atoms with van der Waals surface area (Å²) >= 11 is 0. The molecule has 6 nitrogen and oxygen atoms in total. The highest BCUT2D eigenvalue weighted by atomic mass is 16.5. The van der Waals surface area contributed by atoms with Gasteiger partial charge in [-0.15, -0.1) is 0 Å². The van der Waals surface area contributed by atoms with Gasteiger partial charge in [0.15, 0.2) is 0 Å². The maximum atomic E-state index is 11.9. The van der Waals surface area contributed by atoms with Crippen LogP contribution in [0.3, 0.4) is 0 Å². The van der Waals surface area contributed by atoms with Crippen molar-refractivity contribution in [1.82, 2.24) is 10.6 Å². The minimum absolute atomic E-state index is 0.172. The molecule has 21 heavy (non-hydrogen) atoms. The summed E-state index contributed by atoms with van der Waals surface area (Å²) in [5.41, 5.74) is 0.876. The van der Waals surface area contributed by atoms with Gasteiger partial charge in [-0.05, 0) is 5.56 Å². The van der Waals surface area contributed by atoms with Gasteiger partial charge in [0.25, 0.3) is 0 Å². The van der Waals surface area contributed by atoms with E-state index in [4.69, 9.17) is 4.74 Å². The number of amides is 1. The molecule has 3 N–H and O–H groups in total. The van der Waals surface area contributed by atoms with Crippen molar-refractivity contribution in [3.63, 3.8) is 0 Å². The minimum atomic E-state index is -1.03. The maximum absolute atomic E-state index is 11.9. The summed E-state index contributed by atoms with van der Waals surface area (Å²) < 4.78 is 5.44. The van der Waals surface area contributed by atoms with Crippen LogP contribution in [0, 0.1) is 0 Å². The number of hydrogen-bond acceptors (Lipinski definition) is 4. The van der Waals surface area contributed by atoms with Crippen LogP contribution in [0.2, 0.25) is 0 Å². The van der Waals surface area contributed by atoms with Crippen LogP contribution in [0.25, 0.3) is 0 Å². The average molecular weight is 292 g/mol. The van der Waals surface area contributed by atoms with Gasteiger partial charge >= 0.3 is 5.97 Å². The number of morpholine rings is 1. The Morgan fingerprint density at radius 3 is 2.76 bits per heavy atom. The van der Waals surface area contributed by atoms with Crippen molar-refractivity contribution in [1.29, 1.82) is 0 Å². The lowest BCUT2D eigenvalue weighted by Crippen LogP contribution is -2.46. The minimum Gasteiger partial charge on any atom is -0.480 e. The number of nitrogens with one attached hydrogen (secondary N) is 2. The van der Waals surface area contributed by atoms with E-state index in [2.05, 4.69) is 10.6 Å². The second kappa shape index (κ2) is 7.75. The number of carbonyl (C=O) groups is 2. The van der Waals surface area contributed by atoms with Crippen molar-refractivity contribution in [2.24, 2.45) is 0 Å². The number of benzene rings is 1. The van der Waals surface area contributed by atoms with E-state index >= 15 is 0 Å². The van der Waals surface area contributed by atoms with Crippen molar-refractivity contribution in [2.45, 2.75) is 25.0 Å². The summed E-state index contributed by atoms with van der Waals surface area (Å²) in [6.07, 6.45) is 0.252. The van der Waals surface area contributed by atoms with E-state index in [0.29, 0.717) is 13.2 Å². The largest absolute Gasteiger partial charge is 0.480 e. The summed E-state index contributed by atoms with van der Waals surface area (Å²) in [6.45, 7) is 1.97. The Hall–Kier alpha value is -1.92. The van der Waals surface area contributed by atoms with E-state index in [0.717, 1.165) is 12.1 Å². The molecule has 0 saturated carbocycles. The Labute approximate surface area is 123 Å². The van der Waals surface area contributed by atoms with Crippen molar-refractivity contribution in [3.05, 3.63) is 35.9 Å². The Bertz CT molecular complexity index is 472. The Balaban J connectivity index is 1.86. The first kappa shape index (κ1) is 15.5. The average Bonchev–Trinajstić information content (AvgIpc) is 2.48. The highest BCUT2D eigenvalue weighted by molar-refractivity contribution is 5.84. The molecule has 1 amide bonds. The molecule has 0 aromatic heterocycles. The fraction of sp³-hybridized carbons (Fsp3) is 0.467. The van der Waals surface area contributed by atoms with Crippen molar-refractivity contribution < 1.29 is 19.4 Å². The molecule has 6 heteroatoms. The molecule has 1 saturated heterocycles. The van der Waals surface area contributed by atoms with Gasteiger partial charge in [-0.1, -0.05) is 30.3 Å². The Morgan fingerprint density at radius 1 is 1.38 bits per heavy atom. The SMILES string of the molecule is O=C(CC1CNCCO1)NC(Cc1ccccc1)C(=O)O. The van der Waals surface area contributed by atoms with Gasteiger partial charge in [0.05, 0.1) is 19.1 Å². The fourth-order valence-electron chi connectivity index (χ4n) is 2.26. The zero-order valence-electron chi connectivity index (χ0n) is 11.7. The zero-order chi connectivity index (χ0) is 15.1. The molecule has 0 aliphatic carbocycles. The van der Waals surface area contributed by atoms with E-state index in [1.165, 1.54) is 0 Å². The van der Waals surface area contributed by atoms with Crippen LogP contribution in [0.15, 0.2) is 30.3 Å². The predicted octanol–water partition coefficient (Wildman–Crippen LogP) is 0.177. The van der Waals surface area contributed by atoms with Gasteiger partial charge in [-0.2, -0.15) is 0 Å². The summed E-state index contributed by atoms with van der Waals surface area (Å²) in [4.78, 5) is 23.2. The van der Waals surface area contributed by atoms with Crippen molar-refractivity contribution in [2.75, 3.05) is 19.7 Å². The molecule has 2 unspecified atom stereocenters. The molecule has 1 aromatic rings. The molecule has 1 aliphatic rings. The molecule has 2 rings (SSSR count). The third-order valence-electron chi connectivity index (χ3n) is 3.33. The third-order valence-corrected chi connectivity index (χ3v) is 3.33. The van der Waals surface area contributed by atoms with Crippen LogP contribution in [0.1, 0.15) is 12.0 Å². The smallest absolute Gasteiger partial charge is 0.326 e. The second-order valence-corrected chi connectivity index (χ2v) is 5.05. The van der Waals surface area contributed by atoms with Gasteiger partial charge in [0, 0.05) is 19.5 Å². The molecular weight excluding hydrogens is 272 g/mol. The third kappa shape index (κ3) is 5.17. The molecule has 0 bridgehead atoms. The fourth-order valence-corrected chi connectivity index (χ4v) is 2.26. The highest BCUT2D eigenvalue weighted by Gasteiger charge is 2.23. The van der Waals surface area contributed by atoms with Gasteiger partial charge in [0.2, 0.25) is 5.91 Å². The number of carboxylic acids is 1. The van der Waals surface area contributed by atoms with Crippen LogP contribution in [-0.4, -0.2) is 48.8 Å². The highest BCUT2D eigenvalue weighted by Crippen LogP contribution is 2.06. The predicted molar refractivity (Wildman–Crippen MR) is 76.9 cm³/mol. The van der Waals surface area contributed by atoms with Crippen LogP contribution >= 0.6 is 0 Å². The van der Waals surface area contributed by atoms with E-state index in [9.17, 15) is 14.7 Å². The molecule has 2 atom stereocenters. The summed E-state index contributed by atoms with van der Waals surface area (Å²) in [6, 6.07) is 8.32. The molecular formula is C15H20N2O4. The molecule has 0 spiro atoms. The van der Waals surface area contributed by atoms with Crippen molar-refractivity contribution >= 4 is 11.9 Å². The maximum Gasteiger partial charge on any atom is 0.326 e. The lowest BCUT2D eigenvalue weighted by molar-refractivity contribution is -0.142. The molecule has 1 aromatic carbocycles. The van der Waals surface area contributed by atoms with E-state index in [1.54, 1.807) is 0 Å². The number of rotatable bonds is 6. The number of carboxylic acid groups (broad SMARTS) is 1. The van der Waals surface area contributed by atoms with Crippen LogP contribution in [0.4, 0.5) is 0 Å². The zero-order valence-corrected chi connectivity index (χ0v) is 11.7.